The first-order chi connectivity index (χ1) is 17.8. The standard InChI is InChI=1S/C33H45F3O/c1-3-4-5-6-25-9-15-27(16-10-25)28-17-11-26(12-18-28)22-33(35,36)37-23-31-20-19-30(21-32(31)34)29-13-7-24(2)8-14-29/h11-12,17-21,24-25,27,29H,3-10,13-16,22-23H2,1-2H3. The van der Waals surface area contributed by atoms with Gasteiger partial charge >= 0.3 is 6.11 Å². The van der Waals surface area contributed by atoms with Crippen molar-refractivity contribution in [2.24, 2.45) is 11.8 Å². The first-order valence-corrected chi connectivity index (χ1v) is 14.7. The molecule has 0 unspecified atom stereocenters. The Morgan fingerprint density at radius 1 is 0.811 bits per heavy atom. The predicted molar refractivity (Wildman–Crippen MR) is 145 cm³/mol. The summed E-state index contributed by atoms with van der Waals surface area (Å²) in [6.45, 7) is 4.07. The maximum absolute atomic E-state index is 14.7. The number of ether oxygens (including phenoxy) is 1. The summed E-state index contributed by atoms with van der Waals surface area (Å²) in [5.41, 5.74) is 2.97. The zero-order chi connectivity index (χ0) is 26.3. The van der Waals surface area contributed by atoms with Crippen molar-refractivity contribution in [3.63, 3.8) is 0 Å². The van der Waals surface area contributed by atoms with E-state index in [1.54, 1.807) is 18.2 Å². The van der Waals surface area contributed by atoms with Crippen molar-refractivity contribution in [3.05, 3.63) is 70.5 Å². The molecule has 0 atom stereocenters. The largest absolute Gasteiger partial charge is 0.360 e. The molecule has 0 aliphatic heterocycles. The van der Waals surface area contributed by atoms with Crippen molar-refractivity contribution >= 4 is 0 Å². The molecule has 4 rings (SSSR count). The number of hydrogen-bond donors (Lipinski definition) is 0. The molecule has 0 spiro atoms. The molecule has 1 nitrogen and oxygen atoms in total. The summed E-state index contributed by atoms with van der Waals surface area (Å²) in [4.78, 5) is 0. The normalized spacial score (nSPS) is 24.8. The van der Waals surface area contributed by atoms with Crippen molar-refractivity contribution in [2.75, 3.05) is 0 Å². The Morgan fingerprint density at radius 2 is 1.43 bits per heavy atom. The van der Waals surface area contributed by atoms with Gasteiger partial charge in [0.25, 0.3) is 0 Å². The molecule has 37 heavy (non-hydrogen) atoms. The fourth-order valence-electron chi connectivity index (χ4n) is 6.38. The Bertz CT molecular complexity index is 954. The molecule has 0 saturated heterocycles. The number of hydrogen-bond acceptors (Lipinski definition) is 1. The van der Waals surface area contributed by atoms with E-state index in [2.05, 4.69) is 13.8 Å². The summed E-state index contributed by atoms with van der Waals surface area (Å²) < 4.78 is 48.8. The second kappa shape index (κ2) is 13.3. The summed E-state index contributed by atoms with van der Waals surface area (Å²) in [7, 11) is 0. The zero-order valence-corrected chi connectivity index (χ0v) is 22.8. The summed E-state index contributed by atoms with van der Waals surface area (Å²) in [5.74, 6) is 2.04. The minimum Gasteiger partial charge on any atom is -0.315 e. The lowest BCUT2D eigenvalue weighted by Gasteiger charge is -2.29. The van der Waals surface area contributed by atoms with Crippen LogP contribution in [-0.2, 0) is 17.8 Å². The first-order valence-electron chi connectivity index (χ1n) is 14.7. The second-order valence-electron chi connectivity index (χ2n) is 11.9. The van der Waals surface area contributed by atoms with E-state index in [4.69, 9.17) is 4.74 Å². The minimum atomic E-state index is -3.34. The monoisotopic (exact) mass is 514 g/mol. The van der Waals surface area contributed by atoms with Crippen LogP contribution in [0.25, 0.3) is 0 Å². The number of alkyl halides is 2. The molecule has 0 radical (unpaired) electrons. The van der Waals surface area contributed by atoms with Crippen molar-refractivity contribution in [2.45, 2.75) is 122 Å². The predicted octanol–water partition coefficient (Wildman–Crippen LogP) is 10.3. The van der Waals surface area contributed by atoms with Gasteiger partial charge in [-0.3, -0.25) is 0 Å². The van der Waals surface area contributed by atoms with Gasteiger partial charge < -0.3 is 4.74 Å². The highest BCUT2D eigenvalue weighted by atomic mass is 19.3. The second-order valence-corrected chi connectivity index (χ2v) is 11.9. The molecule has 0 bridgehead atoms. The third kappa shape index (κ3) is 8.34. The fraction of sp³-hybridized carbons (Fsp3) is 0.636. The lowest BCUT2D eigenvalue weighted by molar-refractivity contribution is -0.244. The van der Waals surface area contributed by atoms with Crippen LogP contribution in [0.2, 0.25) is 0 Å². The molecule has 2 aliphatic carbocycles. The highest BCUT2D eigenvalue weighted by molar-refractivity contribution is 5.28. The highest BCUT2D eigenvalue weighted by Crippen LogP contribution is 2.38. The van der Waals surface area contributed by atoms with Gasteiger partial charge in [0.1, 0.15) is 5.82 Å². The van der Waals surface area contributed by atoms with Crippen molar-refractivity contribution in [1.29, 1.82) is 0 Å². The van der Waals surface area contributed by atoms with Crippen molar-refractivity contribution in [3.8, 4) is 0 Å². The molecule has 204 valence electrons. The summed E-state index contributed by atoms with van der Waals surface area (Å²) in [6.07, 6.45) is 10.8. The van der Waals surface area contributed by atoms with Gasteiger partial charge in [0, 0.05) is 5.56 Å². The molecule has 0 N–H and O–H groups in total. The van der Waals surface area contributed by atoms with Gasteiger partial charge in [-0.2, -0.15) is 8.78 Å². The van der Waals surface area contributed by atoms with Crippen LogP contribution < -0.4 is 0 Å². The molecular formula is C33H45F3O. The maximum Gasteiger partial charge on any atom is 0.360 e. The SMILES string of the molecule is CCCCCC1CCC(c2ccc(CC(F)(F)OCc3ccc(C4CCC(C)CC4)cc3F)cc2)CC1. The van der Waals surface area contributed by atoms with E-state index in [9.17, 15) is 13.2 Å². The Hall–Kier alpha value is -1.81. The smallest absolute Gasteiger partial charge is 0.315 e. The van der Waals surface area contributed by atoms with Gasteiger partial charge in [-0.25, -0.2) is 4.39 Å². The van der Waals surface area contributed by atoms with Gasteiger partial charge in [-0.05, 0) is 85.0 Å². The molecular weight excluding hydrogens is 469 g/mol. The zero-order valence-electron chi connectivity index (χ0n) is 22.8. The minimum absolute atomic E-state index is 0.188. The van der Waals surface area contributed by atoms with Crippen LogP contribution in [-0.4, -0.2) is 6.11 Å². The summed E-state index contributed by atoms with van der Waals surface area (Å²) in [5, 5.41) is 0. The van der Waals surface area contributed by atoms with Crippen LogP contribution in [0.5, 0.6) is 0 Å². The van der Waals surface area contributed by atoms with Gasteiger partial charge in [0.15, 0.2) is 0 Å². The molecule has 2 aromatic rings. The van der Waals surface area contributed by atoms with E-state index in [1.165, 1.54) is 63.0 Å². The molecule has 2 fully saturated rings. The third-order valence-electron chi connectivity index (χ3n) is 8.93. The molecule has 2 saturated carbocycles. The molecule has 2 aromatic carbocycles. The molecule has 4 heteroatoms. The average Bonchev–Trinajstić information content (AvgIpc) is 2.89. The van der Waals surface area contributed by atoms with Crippen LogP contribution in [0.1, 0.15) is 125 Å². The van der Waals surface area contributed by atoms with E-state index < -0.39 is 25.0 Å². The Labute approximate surface area is 222 Å². The quantitative estimate of drug-likeness (QED) is 0.271. The van der Waals surface area contributed by atoms with Gasteiger partial charge in [-0.15, -0.1) is 0 Å². The van der Waals surface area contributed by atoms with Crippen LogP contribution in [0.15, 0.2) is 42.5 Å². The topological polar surface area (TPSA) is 9.23 Å². The Morgan fingerprint density at radius 3 is 2.08 bits per heavy atom. The van der Waals surface area contributed by atoms with Crippen molar-refractivity contribution < 1.29 is 17.9 Å². The van der Waals surface area contributed by atoms with Gasteiger partial charge in [0.05, 0.1) is 13.0 Å². The van der Waals surface area contributed by atoms with Crippen LogP contribution in [0, 0.1) is 17.7 Å². The van der Waals surface area contributed by atoms with Gasteiger partial charge in [0.2, 0.25) is 0 Å². The maximum atomic E-state index is 14.7. The van der Waals surface area contributed by atoms with E-state index >= 15 is 0 Å². The Balaban J connectivity index is 1.25. The number of benzene rings is 2. The highest BCUT2D eigenvalue weighted by Gasteiger charge is 2.31. The van der Waals surface area contributed by atoms with Crippen LogP contribution in [0.4, 0.5) is 13.2 Å². The van der Waals surface area contributed by atoms with Crippen LogP contribution >= 0.6 is 0 Å². The first kappa shape index (κ1) is 28.2. The number of halogens is 3. The lowest BCUT2D eigenvalue weighted by Crippen LogP contribution is -2.24. The van der Waals surface area contributed by atoms with Crippen molar-refractivity contribution in [1.82, 2.24) is 0 Å². The summed E-state index contributed by atoms with van der Waals surface area (Å²) >= 11 is 0. The third-order valence-corrected chi connectivity index (χ3v) is 8.93. The average molecular weight is 515 g/mol. The van der Waals surface area contributed by atoms with Gasteiger partial charge in [-0.1, -0.05) is 88.8 Å². The summed E-state index contributed by atoms with van der Waals surface area (Å²) in [6, 6.07) is 12.7. The molecule has 0 aromatic heterocycles. The molecule has 0 heterocycles. The number of rotatable bonds is 11. The van der Waals surface area contributed by atoms with E-state index in [0.29, 0.717) is 17.4 Å². The van der Waals surface area contributed by atoms with E-state index in [1.807, 2.05) is 18.2 Å². The van der Waals surface area contributed by atoms with E-state index in [-0.39, 0.29) is 5.56 Å². The lowest BCUT2D eigenvalue weighted by atomic mass is 9.77. The number of unbranched alkanes of at least 4 members (excludes halogenated alkanes) is 2. The Kier molecular flexibility index (Phi) is 10.1. The molecule has 2 aliphatic rings. The molecule has 0 amide bonds. The van der Waals surface area contributed by atoms with E-state index in [0.717, 1.165) is 43.1 Å². The fourth-order valence-corrected chi connectivity index (χ4v) is 6.38. The van der Waals surface area contributed by atoms with Crippen LogP contribution in [0.3, 0.4) is 0 Å².